The molecule has 6 heteroatoms. The van der Waals surface area contributed by atoms with Crippen LogP contribution >= 0.6 is 0 Å². The zero-order valence-corrected chi connectivity index (χ0v) is 18.8. The molecule has 0 aliphatic carbocycles. The fraction of sp³-hybridized carbons (Fsp3) is 0.320. The Kier molecular flexibility index (Phi) is 6.90. The van der Waals surface area contributed by atoms with Crippen LogP contribution < -0.4 is 10.2 Å². The van der Waals surface area contributed by atoms with E-state index in [2.05, 4.69) is 5.32 Å². The molecule has 2 aromatic carbocycles. The Labute approximate surface area is 183 Å². The minimum Gasteiger partial charge on any atom is -0.359 e. The summed E-state index contributed by atoms with van der Waals surface area (Å²) in [5, 5.41) is 4.13. The van der Waals surface area contributed by atoms with Crippen LogP contribution in [0.2, 0.25) is 0 Å². The number of anilines is 1. The molecule has 0 saturated carbocycles. The van der Waals surface area contributed by atoms with Crippen LogP contribution in [0.15, 0.2) is 54.6 Å². The molecule has 0 radical (unpaired) electrons. The summed E-state index contributed by atoms with van der Waals surface area (Å²) >= 11 is 0. The van der Waals surface area contributed by atoms with E-state index in [4.69, 9.17) is 4.98 Å². The SMILES string of the molecule is Cc1ccccc1C(=O)NC(C)c1cc(N(C)CCC(=O)N(C)C)nc2ccccc12. The summed E-state index contributed by atoms with van der Waals surface area (Å²) in [5.74, 6) is 0.752. The fourth-order valence-corrected chi connectivity index (χ4v) is 3.52. The maximum absolute atomic E-state index is 12.9. The van der Waals surface area contributed by atoms with Crippen molar-refractivity contribution < 1.29 is 9.59 Å². The summed E-state index contributed by atoms with van der Waals surface area (Å²) in [7, 11) is 5.45. The van der Waals surface area contributed by atoms with Crippen LogP contribution in [0.5, 0.6) is 0 Å². The first-order chi connectivity index (χ1) is 14.8. The number of hydrogen-bond donors (Lipinski definition) is 1. The molecule has 1 atom stereocenters. The lowest BCUT2D eigenvalue weighted by Gasteiger charge is -2.23. The fourth-order valence-electron chi connectivity index (χ4n) is 3.52. The second-order valence-corrected chi connectivity index (χ2v) is 8.06. The lowest BCUT2D eigenvalue weighted by Crippen LogP contribution is -2.29. The van der Waals surface area contributed by atoms with Gasteiger partial charge < -0.3 is 15.1 Å². The van der Waals surface area contributed by atoms with Crippen molar-refractivity contribution in [2.45, 2.75) is 26.3 Å². The van der Waals surface area contributed by atoms with E-state index in [-0.39, 0.29) is 17.9 Å². The predicted molar refractivity (Wildman–Crippen MR) is 125 cm³/mol. The highest BCUT2D eigenvalue weighted by molar-refractivity contribution is 5.96. The van der Waals surface area contributed by atoms with E-state index in [1.807, 2.05) is 80.4 Å². The highest BCUT2D eigenvalue weighted by Crippen LogP contribution is 2.28. The van der Waals surface area contributed by atoms with Gasteiger partial charge in [-0.05, 0) is 43.2 Å². The van der Waals surface area contributed by atoms with E-state index < -0.39 is 0 Å². The summed E-state index contributed by atoms with van der Waals surface area (Å²) < 4.78 is 0. The van der Waals surface area contributed by atoms with E-state index in [1.54, 1.807) is 19.0 Å². The summed E-state index contributed by atoms with van der Waals surface area (Å²) in [6.07, 6.45) is 0.410. The zero-order valence-electron chi connectivity index (χ0n) is 18.8. The molecule has 1 heterocycles. The van der Waals surface area contributed by atoms with Gasteiger partial charge in [0.05, 0.1) is 11.6 Å². The van der Waals surface area contributed by atoms with Crippen LogP contribution in [-0.2, 0) is 4.79 Å². The third-order valence-electron chi connectivity index (χ3n) is 5.49. The Morgan fingerprint density at radius 1 is 1.03 bits per heavy atom. The summed E-state index contributed by atoms with van der Waals surface area (Å²) in [4.78, 5) is 33.2. The molecular formula is C25H30N4O2. The van der Waals surface area contributed by atoms with Crippen LogP contribution in [0.25, 0.3) is 10.9 Å². The average molecular weight is 419 g/mol. The van der Waals surface area contributed by atoms with Crippen molar-refractivity contribution in [1.29, 1.82) is 0 Å². The first-order valence-electron chi connectivity index (χ1n) is 10.5. The number of nitrogens with zero attached hydrogens (tertiary/aromatic N) is 3. The molecule has 1 aromatic heterocycles. The van der Waals surface area contributed by atoms with Crippen molar-refractivity contribution >= 4 is 28.5 Å². The smallest absolute Gasteiger partial charge is 0.252 e. The number of carbonyl (C=O) groups excluding carboxylic acids is 2. The third-order valence-corrected chi connectivity index (χ3v) is 5.49. The van der Waals surface area contributed by atoms with E-state index >= 15 is 0 Å². The Bertz CT molecular complexity index is 1090. The maximum atomic E-state index is 12.9. The van der Waals surface area contributed by atoms with Gasteiger partial charge in [-0.1, -0.05) is 36.4 Å². The van der Waals surface area contributed by atoms with Crippen LogP contribution in [-0.4, -0.2) is 49.4 Å². The van der Waals surface area contributed by atoms with Crippen molar-refractivity contribution in [2.24, 2.45) is 0 Å². The number of hydrogen-bond acceptors (Lipinski definition) is 4. The minimum atomic E-state index is -0.212. The number of benzene rings is 2. The number of para-hydroxylation sites is 1. The van der Waals surface area contributed by atoms with Crippen LogP contribution in [0.3, 0.4) is 0 Å². The van der Waals surface area contributed by atoms with Gasteiger partial charge in [-0.2, -0.15) is 0 Å². The van der Waals surface area contributed by atoms with Crippen molar-refractivity contribution in [3.8, 4) is 0 Å². The molecule has 0 saturated heterocycles. The molecule has 162 valence electrons. The Morgan fingerprint density at radius 3 is 2.42 bits per heavy atom. The van der Waals surface area contributed by atoms with Crippen LogP contribution in [0, 0.1) is 6.92 Å². The molecule has 1 N–H and O–H groups in total. The first kappa shape index (κ1) is 22.3. The van der Waals surface area contributed by atoms with Gasteiger partial charge in [-0.25, -0.2) is 4.98 Å². The van der Waals surface area contributed by atoms with E-state index in [9.17, 15) is 9.59 Å². The second kappa shape index (κ2) is 9.60. The lowest BCUT2D eigenvalue weighted by atomic mass is 10.0. The van der Waals surface area contributed by atoms with Gasteiger partial charge in [0.1, 0.15) is 5.82 Å². The zero-order chi connectivity index (χ0) is 22.5. The van der Waals surface area contributed by atoms with Gasteiger partial charge in [0.25, 0.3) is 5.91 Å². The molecule has 0 spiro atoms. The highest BCUT2D eigenvalue weighted by atomic mass is 16.2. The maximum Gasteiger partial charge on any atom is 0.252 e. The second-order valence-electron chi connectivity index (χ2n) is 8.06. The molecule has 0 aliphatic rings. The molecule has 0 bridgehead atoms. The number of amides is 2. The third kappa shape index (κ3) is 5.20. The number of aryl methyl sites for hydroxylation is 1. The summed E-state index contributed by atoms with van der Waals surface area (Å²) in [6, 6.07) is 17.3. The normalized spacial score (nSPS) is 11.8. The lowest BCUT2D eigenvalue weighted by molar-refractivity contribution is -0.128. The standard InChI is InChI=1S/C25H30N4O2/c1-17-10-6-7-11-19(17)25(31)26-18(2)21-16-23(27-22-13-9-8-12-20(21)22)29(5)15-14-24(30)28(3)4/h6-13,16,18H,14-15H2,1-5H3,(H,26,31). The number of aromatic nitrogens is 1. The molecule has 0 fully saturated rings. The topological polar surface area (TPSA) is 65.5 Å². The molecule has 1 unspecified atom stereocenters. The molecule has 3 rings (SSSR count). The largest absolute Gasteiger partial charge is 0.359 e. The Balaban J connectivity index is 1.89. The highest BCUT2D eigenvalue weighted by Gasteiger charge is 2.18. The van der Waals surface area contributed by atoms with Gasteiger partial charge in [-0.15, -0.1) is 0 Å². The van der Waals surface area contributed by atoms with Gasteiger partial charge in [0.2, 0.25) is 5.91 Å². The number of nitrogens with one attached hydrogen (secondary N) is 1. The van der Waals surface area contributed by atoms with Crippen molar-refractivity contribution in [3.63, 3.8) is 0 Å². The van der Waals surface area contributed by atoms with Crippen molar-refractivity contribution in [2.75, 3.05) is 32.6 Å². The number of fused-ring (bicyclic) bond motifs is 1. The van der Waals surface area contributed by atoms with E-state index in [1.165, 1.54) is 0 Å². The summed E-state index contributed by atoms with van der Waals surface area (Å²) in [5.41, 5.74) is 3.47. The van der Waals surface area contributed by atoms with E-state index in [0.29, 0.717) is 18.5 Å². The molecular weight excluding hydrogens is 388 g/mol. The minimum absolute atomic E-state index is 0.0757. The molecule has 0 aliphatic heterocycles. The summed E-state index contributed by atoms with van der Waals surface area (Å²) in [6.45, 7) is 4.48. The van der Waals surface area contributed by atoms with Crippen molar-refractivity contribution in [3.05, 3.63) is 71.3 Å². The molecule has 6 nitrogen and oxygen atoms in total. The Morgan fingerprint density at radius 2 is 1.71 bits per heavy atom. The molecule has 3 aromatic rings. The van der Waals surface area contributed by atoms with Gasteiger partial charge >= 0.3 is 0 Å². The molecule has 31 heavy (non-hydrogen) atoms. The van der Waals surface area contributed by atoms with Crippen LogP contribution in [0.4, 0.5) is 5.82 Å². The first-order valence-corrected chi connectivity index (χ1v) is 10.5. The number of rotatable bonds is 7. The quantitative estimate of drug-likeness (QED) is 0.631. The van der Waals surface area contributed by atoms with Gasteiger partial charge in [-0.3, -0.25) is 9.59 Å². The molecule has 2 amide bonds. The average Bonchev–Trinajstić information content (AvgIpc) is 2.76. The van der Waals surface area contributed by atoms with Gasteiger partial charge in [0, 0.05) is 45.1 Å². The van der Waals surface area contributed by atoms with E-state index in [0.717, 1.165) is 27.8 Å². The Hall–Kier alpha value is -3.41. The number of carbonyl (C=O) groups is 2. The number of pyridine rings is 1. The van der Waals surface area contributed by atoms with Crippen LogP contribution in [0.1, 0.15) is 40.9 Å². The monoisotopic (exact) mass is 418 g/mol. The predicted octanol–water partition coefficient (Wildman–Crippen LogP) is 3.95. The van der Waals surface area contributed by atoms with Gasteiger partial charge in [0.15, 0.2) is 0 Å². The van der Waals surface area contributed by atoms with Crippen molar-refractivity contribution in [1.82, 2.24) is 15.2 Å².